The van der Waals surface area contributed by atoms with Gasteiger partial charge in [0.05, 0.1) is 34.3 Å². The van der Waals surface area contributed by atoms with Gasteiger partial charge in [0.1, 0.15) is 12.6 Å². The highest BCUT2D eigenvalue weighted by Crippen LogP contribution is 2.34. The number of anilines is 3. The van der Waals surface area contributed by atoms with Crippen LogP contribution in [0.2, 0.25) is 0 Å². The fraction of sp³-hybridized carbons (Fsp3) is 0.325. The average molecular weight is 785 g/mol. The lowest BCUT2D eigenvalue weighted by atomic mass is 10.0. The molecule has 7 rings (SSSR count). The molecule has 3 aliphatic heterocycles. The summed E-state index contributed by atoms with van der Waals surface area (Å²) in [5.41, 5.74) is 3.26. The molecule has 0 saturated carbocycles. The Kier molecular flexibility index (Phi) is 10.7. The van der Waals surface area contributed by atoms with Crippen LogP contribution in [0.15, 0.2) is 67.0 Å². The summed E-state index contributed by atoms with van der Waals surface area (Å²) >= 11 is 0. The van der Waals surface area contributed by atoms with E-state index in [0.717, 1.165) is 35.8 Å². The number of aryl methyl sites for hydroxylation is 1. The number of piperazine rings is 1. The van der Waals surface area contributed by atoms with Crippen molar-refractivity contribution in [1.29, 1.82) is 0 Å². The van der Waals surface area contributed by atoms with E-state index in [0.29, 0.717) is 60.3 Å². The van der Waals surface area contributed by atoms with Gasteiger partial charge < -0.3 is 19.9 Å². The first-order chi connectivity index (χ1) is 27.2. The SMILES string of the molecule is Cc1ncc(NC(=O)c2cccc(C(F)(F)F)c2)cc1-c1cnc(OCCN2CCN(c3ccc4c(c3)C(=O)N(C3CCC(=O)NC3=O)C4=O)CC2)c(N(C)C)c1. The Bertz CT molecular complexity index is 2270. The number of imide groups is 2. The fourth-order valence-corrected chi connectivity index (χ4v) is 7.11. The van der Waals surface area contributed by atoms with Crippen molar-refractivity contribution in [2.75, 3.05) is 68.5 Å². The minimum absolute atomic E-state index is 0.0567. The van der Waals surface area contributed by atoms with Gasteiger partial charge in [0, 0.05) is 87.5 Å². The number of ether oxygens (including phenoxy) is 1. The van der Waals surface area contributed by atoms with Gasteiger partial charge in [0.2, 0.25) is 17.7 Å². The first kappa shape index (κ1) is 38.9. The van der Waals surface area contributed by atoms with Crippen molar-refractivity contribution in [3.63, 3.8) is 0 Å². The Balaban J connectivity index is 0.948. The number of pyridine rings is 2. The van der Waals surface area contributed by atoms with Crippen LogP contribution in [-0.4, -0.2) is 109 Å². The Labute approximate surface area is 325 Å². The minimum atomic E-state index is -4.58. The van der Waals surface area contributed by atoms with Gasteiger partial charge in [-0.15, -0.1) is 0 Å². The zero-order chi connectivity index (χ0) is 40.6. The normalized spacial score (nSPS) is 17.4. The molecule has 3 aliphatic rings. The molecule has 17 heteroatoms. The van der Waals surface area contributed by atoms with E-state index in [1.165, 1.54) is 18.3 Å². The number of fused-ring (bicyclic) bond motifs is 1. The van der Waals surface area contributed by atoms with Gasteiger partial charge in [-0.05, 0) is 61.9 Å². The molecule has 1 atom stereocenters. The summed E-state index contributed by atoms with van der Waals surface area (Å²) in [6.07, 6.45) is -1.34. The largest absolute Gasteiger partial charge is 0.475 e. The van der Waals surface area contributed by atoms with Crippen LogP contribution in [0.4, 0.5) is 30.2 Å². The van der Waals surface area contributed by atoms with Gasteiger partial charge in [0.15, 0.2) is 0 Å². The highest BCUT2D eigenvalue weighted by Gasteiger charge is 2.45. The summed E-state index contributed by atoms with van der Waals surface area (Å²) in [7, 11) is 3.72. The van der Waals surface area contributed by atoms with Crippen molar-refractivity contribution in [3.8, 4) is 17.0 Å². The molecule has 5 amide bonds. The third-order valence-corrected chi connectivity index (χ3v) is 10.2. The van der Waals surface area contributed by atoms with Crippen molar-refractivity contribution in [1.82, 2.24) is 25.1 Å². The Morgan fingerprint density at radius 2 is 1.68 bits per heavy atom. The van der Waals surface area contributed by atoms with E-state index in [9.17, 15) is 37.1 Å². The Morgan fingerprint density at radius 1 is 0.930 bits per heavy atom. The molecule has 4 aromatic rings. The number of piperidine rings is 1. The maximum absolute atomic E-state index is 13.3. The number of hydrogen-bond donors (Lipinski definition) is 2. The second kappa shape index (κ2) is 15.6. The smallest absolute Gasteiger partial charge is 0.416 e. The zero-order valence-corrected chi connectivity index (χ0v) is 31.4. The number of nitrogens with one attached hydrogen (secondary N) is 2. The standard InChI is InChI=1S/C40H39F3N8O6/c1-23-30(19-27(22-44-23)46-35(53)24-5-4-6-26(17-24)40(41,42)43)25-18-33(48(2)3)37(45-21-25)57-16-15-49-11-13-50(14-12-49)28-7-8-29-31(20-28)39(56)51(38(29)55)32-9-10-34(52)47-36(32)54/h4-8,17-22,32H,9-16H2,1-3H3,(H,46,53)(H,47,52,54). The molecule has 0 aliphatic carbocycles. The van der Waals surface area contributed by atoms with Crippen molar-refractivity contribution in [2.24, 2.45) is 0 Å². The second-order valence-corrected chi connectivity index (χ2v) is 14.2. The molecule has 0 spiro atoms. The van der Waals surface area contributed by atoms with Crippen LogP contribution < -0.4 is 25.2 Å². The predicted octanol–water partition coefficient (Wildman–Crippen LogP) is 4.39. The number of hydrogen-bond acceptors (Lipinski definition) is 11. The van der Waals surface area contributed by atoms with E-state index in [2.05, 4.69) is 30.4 Å². The molecule has 2 N–H and O–H groups in total. The first-order valence-corrected chi connectivity index (χ1v) is 18.3. The monoisotopic (exact) mass is 784 g/mol. The minimum Gasteiger partial charge on any atom is -0.475 e. The van der Waals surface area contributed by atoms with Gasteiger partial charge in [-0.1, -0.05) is 6.07 Å². The highest BCUT2D eigenvalue weighted by atomic mass is 19.4. The molecule has 5 heterocycles. The first-order valence-electron chi connectivity index (χ1n) is 18.3. The lowest BCUT2D eigenvalue weighted by molar-refractivity contribution is -0.138. The van der Waals surface area contributed by atoms with Crippen LogP contribution in [0.5, 0.6) is 5.88 Å². The fourth-order valence-electron chi connectivity index (χ4n) is 7.11. The van der Waals surface area contributed by atoms with Crippen LogP contribution >= 0.6 is 0 Å². The quantitative estimate of drug-likeness (QED) is 0.220. The predicted molar refractivity (Wildman–Crippen MR) is 203 cm³/mol. The number of carbonyl (C=O) groups is 5. The summed E-state index contributed by atoms with van der Waals surface area (Å²) in [6, 6.07) is 11.9. The van der Waals surface area contributed by atoms with Gasteiger partial charge in [-0.3, -0.25) is 44.1 Å². The number of amides is 5. The van der Waals surface area contributed by atoms with Gasteiger partial charge in [-0.25, -0.2) is 4.98 Å². The van der Waals surface area contributed by atoms with Crippen LogP contribution in [0.1, 0.15) is 55.2 Å². The van der Waals surface area contributed by atoms with E-state index >= 15 is 0 Å². The third-order valence-electron chi connectivity index (χ3n) is 10.2. The van der Waals surface area contributed by atoms with Crippen molar-refractivity contribution < 1.29 is 41.9 Å². The van der Waals surface area contributed by atoms with Crippen molar-refractivity contribution in [3.05, 3.63) is 94.9 Å². The molecule has 0 bridgehead atoms. The maximum Gasteiger partial charge on any atom is 0.416 e. The van der Waals surface area contributed by atoms with Gasteiger partial charge in [-0.2, -0.15) is 13.2 Å². The average Bonchev–Trinajstić information content (AvgIpc) is 3.43. The summed E-state index contributed by atoms with van der Waals surface area (Å²) in [6.45, 7) is 5.55. The van der Waals surface area contributed by atoms with E-state index in [4.69, 9.17) is 4.74 Å². The number of benzene rings is 2. The molecule has 14 nitrogen and oxygen atoms in total. The van der Waals surface area contributed by atoms with E-state index in [1.54, 1.807) is 37.4 Å². The van der Waals surface area contributed by atoms with Gasteiger partial charge in [0.25, 0.3) is 17.7 Å². The summed E-state index contributed by atoms with van der Waals surface area (Å²) < 4.78 is 45.8. The molecule has 2 aromatic carbocycles. The number of carbonyl (C=O) groups excluding carboxylic acids is 5. The van der Waals surface area contributed by atoms with Crippen molar-refractivity contribution in [2.45, 2.75) is 32.0 Å². The van der Waals surface area contributed by atoms with Gasteiger partial charge >= 0.3 is 6.18 Å². The molecule has 1 unspecified atom stereocenters. The number of rotatable bonds is 10. The molecule has 2 saturated heterocycles. The van der Waals surface area contributed by atoms with E-state index < -0.39 is 47.3 Å². The van der Waals surface area contributed by atoms with E-state index in [1.807, 2.05) is 25.1 Å². The maximum atomic E-state index is 13.3. The summed E-state index contributed by atoms with van der Waals surface area (Å²) in [5, 5.41) is 4.85. The lowest BCUT2D eigenvalue weighted by Crippen LogP contribution is -2.54. The van der Waals surface area contributed by atoms with E-state index in [-0.39, 0.29) is 29.5 Å². The molecular weight excluding hydrogens is 745 g/mol. The summed E-state index contributed by atoms with van der Waals surface area (Å²) in [5.74, 6) is -2.43. The summed E-state index contributed by atoms with van der Waals surface area (Å²) in [4.78, 5) is 79.5. The second-order valence-electron chi connectivity index (χ2n) is 14.2. The highest BCUT2D eigenvalue weighted by molar-refractivity contribution is 6.23. The van der Waals surface area contributed by atoms with Crippen LogP contribution in [0.3, 0.4) is 0 Å². The lowest BCUT2D eigenvalue weighted by Gasteiger charge is -2.36. The van der Waals surface area contributed by atoms with Crippen molar-refractivity contribution >= 4 is 46.6 Å². The number of halogens is 3. The Morgan fingerprint density at radius 3 is 2.40 bits per heavy atom. The zero-order valence-electron chi connectivity index (χ0n) is 31.4. The van der Waals surface area contributed by atoms with Crippen LogP contribution in [0, 0.1) is 6.92 Å². The third kappa shape index (κ3) is 8.14. The number of nitrogens with zero attached hydrogens (tertiary/aromatic N) is 6. The van der Waals surface area contributed by atoms with Crippen LogP contribution in [-0.2, 0) is 15.8 Å². The molecule has 2 fully saturated rings. The van der Waals surface area contributed by atoms with Crippen LogP contribution in [0.25, 0.3) is 11.1 Å². The molecule has 0 radical (unpaired) electrons. The molecule has 2 aromatic heterocycles. The molecular formula is C40H39F3N8O6. The number of aromatic nitrogens is 2. The number of alkyl halides is 3. The molecule has 57 heavy (non-hydrogen) atoms. The topological polar surface area (TPSA) is 157 Å². The Hall–Kier alpha value is -6.36. The molecule has 296 valence electrons.